The second-order valence-corrected chi connectivity index (χ2v) is 8.22. The molecule has 0 unspecified atom stereocenters. The Morgan fingerprint density at radius 1 is 1.27 bits per heavy atom. The topological polar surface area (TPSA) is 88.1 Å². The lowest BCUT2D eigenvalue weighted by molar-refractivity contribution is 0.120. The summed E-state index contributed by atoms with van der Waals surface area (Å²) in [5, 5.41) is 8.60. The number of nitrogens with one attached hydrogen (secondary N) is 2. The zero-order valence-electron chi connectivity index (χ0n) is 16.7. The minimum absolute atomic E-state index is 0.194. The molecule has 0 amide bonds. The Labute approximate surface area is 184 Å². The van der Waals surface area contributed by atoms with Crippen molar-refractivity contribution in [1.29, 1.82) is 0 Å². The van der Waals surface area contributed by atoms with Crippen molar-refractivity contribution in [1.82, 2.24) is 24.6 Å². The van der Waals surface area contributed by atoms with E-state index in [0.717, 1.165) is 44.6 Å². The minimum atomic E-state index is -0.198. The summed E-state index contributed by atoms with van der Waals surface area (Å²) in [6.07, 6.45) is 3.54. The van der Waals surface area contributed by atoms with Crippen LogP contribution in [0.2, 0.25) is 10.0 Å². The highest BCUT2D eigenvalue weighted by molar-refractivity contribution is 6.42. The molecule has 0 bridgehead atoms. The standard InChI is InChI=1S/C20H24Cl2N6O2/c1-30-9-8-27-6-4-14(5-7-27)28-18-17(12-24-28)25-20(26-19(18)29)23-11-13-2-3-15(21)16(22)10-13/h2-3,10,12,14H,4-9,11H2,1H3,(H2,23,25,26,29). The summed E-state index contributed by atoms with van der Waals surface area (Å²) in [5.74, 6) is 0.396. The molecule has 3 aromatic rings. The molecule has 1 aliphatic rings. The first-order valence-corrected chi connectivity index (χ1v) is 10.7. The molecule has 1 saturated heterocycles. The summed E-state index contributed by atoms with van der Waals surface area (Å²) in [4.78, 5) is 22.5. The van der Waals surface area contributed by atoms with E-state index < -0.39 is 0 Å². The van der Waals surface area contributed by atoms with Crippen LogP contribution in [-0.2, 0) is 11.3 Å². The average molecular weight is 451 g/mol. The van der Waals surface area contributed by atoms with Gasteiger partial charge in [-0.1, -0.05) is 29.3 Å². The van der Waals surface area contributed by atoms with Crippen LogP contribution in [0.25, 0.3) is 11.0 Å². The Morgan fingerprint density at radius 2 is 2.07 bits per heavy atom. The number of benzene rings is 1. The molecule has 8 nitrogen and oxygen atoms in total. The van der Waals surface area contributed by atoms with E-state index >= 15 is 0 Å². The van der Waals surface area contributed by atoms with Gasteiger partial charge in [-0.2, -0.15) is 5.10 Å². The van der Waals surface area contributed by atoms with E-state index in [1.165, 1.54) is 0 Å². The predicted octanol–water partition coefficient (Wildman–Crippen LogP) is 3.32. The molecule has 1 fully saturated rings. The molecular formula is C20H24Cl2N6O2. The van der Waals surface area contributed by atoms with Crippen LogP contribution in [0.1, 0.15) is 24.4 Å². The van der Waals surface area contributed by atoms with E-state index in [1.807, 2.05) is 10.7 Å². The number of H-pyrrole nitrogens is 1. The minimum Gasteiger partial charge on any atom is -0.383 e. The van der Waals surface area contributed by atoms with Crippen molar-refractivity contribution in [3.8, 4) is 0 Å². The molecule has 10 heteroatoms. The molecule has 2 N–H and O–H groups in total. The number of likely N-dealkylation sites (tertiary alicyclic amines) is 1. The van der Waals surface area contributed by atoms with E-state index in [9.17, 15) is 4.79 Å². The number of hydrogen-bond acceptors (Lipinski definition) is 6. The summed E-state index contributed by atoms with van der Waals surface area (Å²) >= 11 is 12.0. The third kappa shape index (κ3) is 4.62. The van der Waals surface area contributed by atoms with Gasteiger partial charge in [0.05, 0.1) is 28.9 Å². The van der Waals surface area contributed by atoms with Crippen molar-refractivity contribution < 1.29 is 4.74 Å². The molecule has 1 aliphatic heterocycles. The van der Waals surface area contributed by atoms with Crippen molar-refractivity contribution >= 4 is 40.2 Å². The monoisotopic (exact) mass is 450 g/mol. The van der Waals surface area contributed by atoms with Gasteiger partial charge in [0.15, 0.2) is 5.52 Å². The number of aromatic nitrogens is 4. The number of aromatic amines is 1. The summed E-state index contributed by atoms with van der Waals surface area (Å²) in [6.45, 7) is 4.05. The van der Waals surface area contributed by atoms with Gasteiger partial charge < -0.3 is 15.0 Å². The first kappa shape index (κ1) is 21.1. The average Bonchev–Trinajstić information content (AvgIpc) is 3.18. The number of nitrogens with zero attached hydrogens (tertiary/aromatic N) is 4. The molecule has 0 atom stereocenters. The second-order valence-electron chi connectivity index (χ2n) is 7.41. The largest absolute Gasteiger partial charge is 0.383 e. The Hall–Kier alpha value is -2.13. The van der Waals surface area contributed by atoms with Crippen molar-refractivity contribution in [3.05, 3.63) is 50.4 Å². The van der Waals surface area contributed by atoms with E-state index in [0.29, 0.717) is 33.6 Å². The van der Waals surface area contributed by atoms with Gasteiger partial charge in [0.1, 0.15) is 5.52 Å². The Kier molecular flexibility index (Phi) is 6.58. The van der Waals surface area contributed by atoms with Crippen LogP contribution in [0.4, 0.5) is 5.95 Å². The number of rotatable bonds is 7. The van der Waals surface area contributed by atoms with Gasteiger partial charge in [-0.05, 0) is 30.5 Å². The number of fused-ring (bicyclic) bond motifs is 1. The number of piperidine rings is 1. The number of methoxy groups -OCH3 is 1. The predicted molar refractivity (Wildman–Crippen MR) is 119 cm³/mol. The van der Waals surface area contributed by atoms with Crippen molar-refractivity contribution in [2.75, 3.05) is 38.7 Å². The molecule has 1 aromatic carbocycles. The van der Waals surface area contributed by atoms with E-state index in [-0.39, 0.29) is 11.6 Å². The van der Waals surface area contributed by atoms with Gasteiger partial charge in [-0.25, -0.2) is 4.98 Å². The first-order valence-electron chi connectivity index (χ1n) is 9.92. The number of halogens is 2. The van der Waals surface area contributed by atoms with Gasteiger partial charge >= 0.3 is 0 Å². The fraction of sp³-hybridized carbons (Fsp3) is 0.450. The van der Waals surface area contributed by atoms with Crippen LogP contribution < -0.4 is 10.9 Å². The van der Waals surface area contributed by atoms with Crippen molar-refractivity contribution in [3.63, 3.8) is 0 Å². The maximum atomic E-state index is 12.8. The lowest BCUT2D eigenvalue weighted by atomic mass is 10.1. The second kappa shape index (κ2) is 9.34. The van der Waals surface area contributed by atoms with Crippen LogP contribution in [0, 0.1) is 0 Å². The normalized spacial score (nSPS) is 15.7. The Balaban J connectivity index is 1.47. The fourth-order valence-corrected chi connectivity index (χ4v) is 4.09. The lowest BCUT2D eigenvalue weighted by Gasteiger charge is -2.31. The molecule has 0 radical (unpaired) electrons. The highest BCUT2D eigenvalue weighted by Gasteiger charge is 2.23. The summed E-state index contributed by atoms with van der Waals surface area (Å²) in [5.41, 5.74) is 1.83. The number of hydrogen-bond donors (Lipinski definition) is 2. The van der Waals surface area contributed by atoms with Gasteiger partial charge in [0.2, 0.25) is 5.95 Å². The van der Waals surface area contributed by atoms with Gasteiger partial charge in [0, 0.05) is 33.3 Å². The summed E-state index contributed by atoms with van der Waals surface area (Å²) in [6, 6.07) is 5.59. The Morgan fingerprint density at radius 3 is 2.80 bits per heavy atom. The van der Waals surface area contributed by atoms with Crippen LogP contribution in [0.15, 0.2) is 29.2 Å². The zero-order valence-corrected chi connectivity index (χ0v) is 18.2. The zero-order chi connectivity index (χ0) is 21.1. The highest BCUT2D eigenvalue weighted by Crippen LogP contribution is 2.25. The first-order chi connectivity index (χ1) is 14.5. The molecule has 0 spiro atoms. The molecule has 0 aliphatic carbocycles. The molecule has 2 aromatic heterocycles. The van der Waals surface area contributed by atoms with Crippen LogP contribution >= 0.6 is 23.2 Å². The van der Waals surface area contributed by atoms with Gasteiger partial charge in [-0.15, -0.1) is 0 Å². The van der Waals surface area contributed by atoms with Gasteiger partial charge in [0.25, 0.3) is 5.56 Å². The third-order valence-corrected chi connectivity index (χ3v) is 6.15. The van der Waals surface area contributed by atoms with E-state index in [4.69, 9.17) is 27.9 Å². The Bertz CT molecular complexity index is 1070. The van der Waals surface area contributed by atoms with Gasteiger partial charge in [-0.3, -0.25) is 14.5 Å². The maximum absolute atomic E-state index is 12.8. The van der Waals surface area contributed by atoms with Crippen molar-refractivity contribution in [2.24, 2.45) is 0 Å². The molecule has 160 valence electrons. The third-order valence-electron chi connectivity index (χ3n) is 5.41. The molecule has 30 heavy (non-hydrogen) atoms. The molecule has 3 heterocycles. The number of ether oxygens (including phenoxy) is 1. The number of anilines is 1. The van der Waals surface area contributed by atoms with E-state index in [2.05, 4.69) is 25.3 Å². The quantitative estimate of drug-likeness (QED) is 0.573. The van der Waals surface area contributed by atoms with Crippen LogP contribution in [0.3, 0.4) is 0 Å². The van der Waals surface area contributed by atoms with Crippen LogP contribution in [0.5, 0.6) is 0 Å². The molecule has 0 saturated carbocycles. The fourth-order valence-electron chi connectivity index (χ4n) is 3.77. The maximum Gasteiger partial charge on any atom is 0.278 e. The lowest BCUT2D eigenvalue weighted by Crippen LogP contribution is -2.37. The van der Waals surface area contributed by atoms with E-state index in [1.54, 1.807) is 25.4 Å². The summed E-state index contributed by atoms with van der Waals surface area (Å²) in [7, 11) is 1.72. The SMILES string of the molecule is COCCN1CCC(n2ncc3nc(NCc4ccc(Cl)c(Cl)c4)[nH]c(=O)c32)CC1. The van der Waals surface area contributed by atoms with Crippen molar-refractivity contribution in [2.45, 2.75) is 25.4 Å². The van der Waals surface area contributed by atoms with Crippen LogP contribution in [-0.4, -0.2) is 58.0 Å². The summed E-state index contributed by atoms with van der Waals surface area (Å²) < 4.78 is 6.99. The molecule has 4 rings (SSSR count). The molecular weight excluding hydrogens is 427 g/mol. The smallest absolute Gasteiger partial charge is 0.278 e. The highest BCUT2D eigenvalue weighted by atomic mass is 35.5.